The van der Waals surface area contributed by atoms with Gasteiger partial charge < -0.3 is 0 Å². The average Bonchev–Trinajstić information content (AvgIpc) is 2.80. The van der Waals surface area contributed by atoms with Gasteiger partial charge in [0.15, 0.2) is 0 Å². The quantitative estimate of drug-likeness (QED) is 0.539. The van der Waals surface area contributed by atoms with Gasteiger partial charge in [0, 0.05) is 5.56 Å². The highest BCUT2D eigenvalue weighted by Gasteiger charge is 2.20. The Labute approximate surface area is 182 Å². The molecule has 0 fully saturated rings. The fraction of sp³-hybridized carbons (Fsp3) is 0.0833. The third-order valence-electron chi connectivity index (χ3n) is 4.98. The van der Waals surface area contributed by atoms with Crippen LogP contribution in [-0.2, 0) is 0 Å². The molecule has 0 aliphatic heterocycles. The first kappa shape index (κ1) is 20.8. The summed E-state index contributed by atoms with van der Waals surface area (Å²) in [4.78, 5) is 52.4. The molecule has 0 aliphatic rings. The van der Waals surface area contributed by atoms with Crippen molar-refractivity contribution in [2.24, 2.45) is 0 Å². The van der Waals surface area contributed by atoms with E-state index in [1.165, 1.54) is 0 Å². The molecular weight excluding hydrogens is 408 g/mol. The normalized spacial score (nSPS) is 10.7. The number of rotatable bonds is 4. The molecule has 4 rings (SSSR count). The van der Waals surface area contributed by atoms with Crippen molar-refractivity contribution in [1.29, 1.82) is 0 Å². The molecular formula is C24H20N4O4. The Balaban J connectivity index is 1.98. The zero-order valence-corrected chi connectivity index (χ0v) is 17.5. The van der Waals surface area contributed by atoms with E-state index in [4.69, 9.17) is 0 Å². The van der Waals surface area contributed by atoms with Crippen LogP contribution in [0.25, 0.3) is 11.4 Å². The molecule has 1 N–H and O–H groups in total. The highest BCUT2D eigenvalue weighted by Crippen LogP contribution is 2.07. The summed E-state index contributed by atoms with van der Waals surface area (Å²) in [6.45, 7) is 3.75. The van der Waals surface area contributed by atoms with E-state index in [2.05, 4.69) is 5.43 Å². The number of aryl methyl sites for hydroxylation is 2. The van der Waals surface area contributed by atoms with E-state index in [0.29, 0.717) is 4.68 Å². The van der Waals surface area contributed by atoms with E-state index in [9.17, 15) is 19.2 Å². The molecule has 0 saturated carbocycles. The molecule has 8 nitrogen and oxygen atoms in total. The molecule has 0 bridgehead atoms. The molecule has 1 amide bonds. The number of hydrogen-bond acceptors (Lipinski definition) is 4. The van der Waals surface area contributed by atoms with Crippen molar-refractivity contribution in [2.75, 3.05) is 5.43 Å². The highest BCUT2D eigenvalue weighted by atomic mass is 16.2. The van der Waals surface area contributed by atoms with Crippen molar-refractivity contribution in [3.05, 3.63) is 127 Å². The lowest BCUT2D eigenvalue weighted by Gasteiger charge is -2.15. The van der Waals surface area contributed by atoms with Crippen molar-refractivity contribution in [3.63, 3.8) is 0 Å². The van der Waals surface area contributed by atoms with Gasteiger partial charge >= 0.3 is 17.1 Å². The Morgan fingerprint density at radius 3 is 1.50 bits per heavy atom. The number of benzene rings is 3. The maximum atomic E-state index is 13.3. The van der Waals surface area contributed by atoms with E-state index >= 15 is 0 Å². The smallest absolute Gasteiger partial charge is 0.267 e. The average molecular weight is 428 g/mol. The van der Waals surface area contributed by atoms with Gasteiger partial charge in [0.25, 0.3) is 5.91 Å². The maximum Gasteiger partial charge on any atom is 0.360 e. The van der Waals surface area contributed by atoms with E-state index in [1.54, 1.807) is 78.9 Å². The molecule has 32 heavy (non-hydrogen) atoms. The number of amides is 1. The summed E-state index contributed by atoms with van der Waals surface area (Å²) < 4.78 is 2.26. The number of aromatic nitrogens is 3. The molecule has 0 aliphatic carbocycles. The molecule has 0 saturated heterocycles. The highest BCUT2D eigenvalue weighted by molar-refractivity contribution is 5.99. The fourth-order valence-corrected chi connectivity index (χ4v) is 3.23. The van der Waals surface area contributed by atoms with E-state index in [1.807, 2.05) is 13.8 Å². The monoisotopic (exact) mass is 428 g/mol. The molecule has 8 heteroatoms. The van der Waals surface area contributed by atoms with Crippen LogP contribution in [0, 0.1) is 13.8 Å². The number of carbonyl (C=O) groups is 1. The van der Waals surface area contributed by atoms with Gasteiger partial charge in [-0.05, 0) is 50.2 Å². The number of hydrogen-bond donors (Lipinski definition) is 1. The Morgan fingerprint density at radius 1 is 0.625 bits per heavy atom. The van der Waals surface area contributed by atoms with Gasteiger partial charge in [0.2, 0.25) is 0 Å². The molecule has 0 unspecified atom stereocenters. The first-order valence-electron chi connectivity index (χ1n) is 9.88. The topological polar surface area (TPSA) is 95.1 Å². The molecule has 1 aromatic heterocycles. The van der Waals surface area contributed by atoms with E-state index in [-0.39, 0.29) is 16.9 Å². The van der Waals surface area contributed by atoms with Gasteiger partial charge in [-0.25, -0.2) is 23.5 Å². The maximum absolute atomic E-state index is 13.3. The predicted octanol–water partition coefficient (Wildman–Crippen LogP) is 2.15. The molecule has 160 valence electrons. The lowest BCUT2D eigenvalue weighted by Crippen LogP contribution is -2.56. The molecule has 0 atom stereocenters. The summed E-state index contributed by atoms with van der Waals surface area (Å²) in [6.07, 6.45) is 0. The largest absolute Gasteiger partial charge is 0.360 e. The van der Waals surface area contributed by atoms with Gasteiger partial charge in [-0.15, -0.1) is 4.68 Å². The minimum Gasteiger partial charge on any atom is -0.267 e. The molecule has 3 aromatic carbocycles. The Kier molecular flexibility index (Phi) is 5.43. The summed E-state index contributed by atoms with van der Waals surface area (Å²) in [6, 6.07) is 21.6. The molecule has 0 radical (unpaired) electrons. The van der Waals surface area contributed by atoms with Crippen LogP contribution in [0.2, 0.25) is 0 Å². The minimum atomic E-state index is -0.975. The lowest BCUT2D eigenvalue weighted by atomic mass is 10.2. The first-order chi connectivity index (χ1) is 15.4. The van der Waals surface area contributed by atoms with Crippen molar-refractivity contribution in [2.45, 2.75) is 13.8 Å². The first-order valence-corrected chi connectivity index (χ1v) is 9.88. The van der Waals surface area contributed by atoms with Crippen molar-refractivity contribution < 1.29 is 4.79 Å². The lowest BCUT2D eigenvalue weighted by molar-refractivity contribution is 0.100. The molecule has 4 aromatic rings. The van der Waals surface area contributed by atoms with Gasteiger partial charge in [-0.1, -0.05) is 53.6 Å². The van der Waals surface area contributed by atoms with Crippen LogP contribution in [-0.4, -0.2) is 19.7 Å². The third-order valence-corrected chi connectivity index (χ3v) is 4.98. The third kappa shape index (κ3) is 3.81. The van der Waals surface area contributed by atoms with Crippen LogP contribution >= 0.6 is 0 Å². The summed E-state index contributed by atoms with van der Waals surface area (Å²) in [5, 5.41) is 0. The SMILES string of the molecule is Cc1ccc(-n2c(=O)n(NC(=O)c3ccccc3)c(=O)n(-c3ccc(C)cc3)c2=O)cc1. The molecule has 1 heterocycles. The second kappa shape index (κ2) is 8.35. The van der Waals surface area contributed by atoms with Crippen LogP contribution < -0.4 is 22.5 Å². The standard InChI is InChI=1S/C24H20N4O4/c1-16-8-12-19(13-9-16)26-22(30)27(20-14-10-17(2)11-15-20)24(32)28(23(26)31)25-21(29)18-6-4-3-5-7-18/h3-15H,1-2H3,(H,25,29). The Bertz CT molecular complexity index is 1380. The Morgan fingerprint density at radius 2 is 1.06 bits per heavy atom. The second-order valence-corrected chi connectivity index (χ2v) is 7.33. The van der Waals surface area contributed by atoms with Crippen LogP contribution in [0.15, 0.2) is 93.2 Å². The van der Waals surface area contributed by atoms with Gasteiger partial charge in [0.1, 0.15) is 0 Å². The van der Waals surface area contributed by atoms with Crippen LogP contribution in [0.4, 0.5) is 0 Å². The predicted molar refractivity (Wildman–Crippen MR) is 122 cm³/mol. The molecule has 0 spiro atoms. The number of nitrogens with one attached hydrogen (secondary N) is 1. The Hall–Kier alpha value is -4.46. The van der Waals surface area contributed by atoms with Gasteiger partial charge in [0.05, 0.1) is 11.4 Å². The zero-order chi connectivity index (χ0) is 22.8. The number of nitrogens with zero attached hydrogens (tertiary/aromatic N) is 3. The van der Waals surface area contributed by atoms with E-state index < -0.39 is 23.0 Å². The minimum absolute atomic E-state index is 0.258. The van der Waals surface area contributed by atoms with Crippen molar-refractivity contribution in [3.8, 4) is 11.4 Å². The van der Waals surface area contributed by atoms with Gasteiger partial charge in [-0.2, -0.15) is 0 Å². The van der Waals surface area contributed by atoms with Crippen molar-refractivity contribution >= 4 is 5.91 Å². The summed E-state index contributed by atoms with van der Waals surface area (Å²) >= 11 is 0. The fourth-order valence-electron chi connectivity index (χ4n) is 3.23. The summed E-state index contributed by atoms with van der Waals surface area (Å²) in [5.74, 6) is -0.658. The van der Waals surface area contributed by atoms with Crippen LogP contribution in [0.5, 0.6) is 0 Å². The van der Waals surface area contributed by atoms with E-state index in [0.717, 1.165) is 20.3 Å². The van der Waals surface area contributed by atoms with Crippen LogP contribution in [0.1, 0.15) is 21.5 Å². The zero-order valence-electron chi connectivity index (χ0n) is 17.5. The summed E-state index contributed by atoms with van der Waals surface area (Å²) in [5.41, 5.74) is 2.23. The van der Waals surface area contributed by atoms with Crippen molar-refractivity contribution in [1.82, 2.24) is 13.8 Å². The van der Waals surface area contributed by atoms with Gasteiger partial charge in [-0.3, -0.25) is 10.2 Å². The number of carbonyl (C=O) groups excluding carboxylic acids is 1. The second-order valence-electron chi connectivity index (χ2n) is 7.33. The summed E-state index contributed by atoms with van der Waals surface area (Å²) in [7, 11) is 0. The van der Waals surface area contributed by atoms with Crippen LogP contribution in [0.3, 0.4) is 0 Å².